The first kappa shape index (κ1) is 29.7. The maximum absolute atomic E-state index is 2.48. The molecule has 2 aliphatic rings. The Morgan fingerprint density at radius 1 is 0.417 bits per heavy atom. The predicted octanol–water partition coefficient (Wildman–Crippen LogP) is 12.1. The van der Waals surface area contributed by atoms with Gasteiger partial charge in [0.25, 0.3) is 0 Å². The molecule has 232 valence electrons. The molecular formula is C46H39N2+. The summed E-state index contributed by atoms with van der Waals surface area (Å²) in [6, 6.07) is 61.0. The second-order valence-electron chi connectivity index (χ2n) is 12.7. The van der Waals surface area contributed by atoms with E-state index >= 15 is 0 Å². The number of fused-ring (bicyclic) bond motifs is 1. The third-order valence-electron chi connectivity index (χ3n) is 9.70. The van der Waals surface area contributed by atoms with Gasteiger partial charge in [0.15, 0.2) is 5.71 Å². The highest BCUT2D eigenvalue weighted by molar-refractivity contribution is 6.01. The lowest BCUT2D eigenvalue weighted by atomic mass is 9.79. The van der Waals surface area contributed by atoms with Gasteiger partial charge in [0.05, 0.1) is 0 Å². The molecule has 48 heavy (non-hydrogen) atoms. The smallest absolute Gasteiger partial charge is 0.211 e. The summed E-state index contributed by atoms with van der Waals surface area (Å²) >= 11 is 0. The van der Waals surface area contributed by atoms with Gasteiger partial charge in [-0.1, -0.05) is 109 Å². The molecule has 6 aromatic rings. The maximum atomic E-state index is 2.48. The predicted molar refractivity (Wildman–Crippen MR) is 203 cm³/mol. The van der Waals surface area contributed by atoms with Gasteiger partial charge < -0.3 is 4.90 Å². The monoisotopic (exact) mass is 619 g/mol. The number of nitrogens with zero attached hydrogens (tertiary/aromatic N) is 2. The second-order valence-corrected chi connectivity index (χ2v) is 12.7. The largest absolute Gasteiger partial charge is 0.314 e. The van der Waals surface area contributed by atoms with E-state index < -0.39 is 0 Å². The first-order chi connectivity index (χ1) is 23.8. The summed E-state index contributed by atoms with van der Waals surface area (Å²) in [6.07, 6.45) is 9.38. The Balaban J connectivity index is 1.19. The number of hydrogen-bond donors (Lipinski definition) is 0. The van der Waals surface area contributed by atoms with E-state index in [4.69, 9.17) is 0 Å². The quantitative estimate of drug-likeness (QED) is 0.161. The number of rotatable bonds is 7. The van der Waals surface area contributed by atoms with E-state index in [2.05, 4.69) is 191 Å². The molecule has 0 saturated heterocycles. The fourth-order valence-corrected chi connectivity index (χ4v) is 7.26. The third kappa shape index (κ3) is 6.18. The van der Waals surface area contributed by atoms with Gasteiger partial charge in [-0.05, 0) is 95.5 Å². The molecule has 0 heterocycles. The van der Waals surface area contributed by atoms with Crippen LogP contribution in [0.1, 0.15) is 25.7 Å². The summed E-state index contributed by atoms with van der Waals surface area (Å²) in [5.41, 5.74) is 13.8. The van der Waals surface area contributed by atoms with Gasteiger partial charge in [-0.3, -0.25) is 0 Å². The summed E-state index contributed by atoms with van der Waals surface area (Å²) in [5.74, 6) is 0.577. The van der Waals surface area contributed by atoms with Gasteiger partial charge >= 0.3 is 0 Å². The van der Waals surface area contributed by atoms with Gasteiger partial charge in [0, 0.05) is 53.8 Å². The van der Waals surface area contributed by atoms with Crippen molar-refractivity contribution in [3.63, 3.8) is 0 Å². The lowest BCUT2D eigenvalue weighted by Gasteiger charge is -2.34. The summed E-state index contributed by atoms with van der Waals surface area (Å²) in [5, 5.41) is 0. The molecule has 1 atom stereocenters. The van der Waals surface area contributed by atoms with Crippen LogP contribution in [0.4, 0.5) is 22.7 Å². The van der Waals surface area contributed by atoms with E-state index in [9.17, 15) is 0 Å². The number of allylic oxidation sites excluding steroid dienone is 4. The fraction of sp³-hybridized carbons (Fsp3) is 0.109. The Morgan fingerprint density at radius 2 is 0.875 bits per heavy atom. The van der Waals surface area contributed by atoms with Crippen LogP contribution >= 0.6 is 0 Å². The molecule has 0 spiro atoms. The Kier molecular flexibility index (Phi) is 8.37. The maximum Gasteiger partial charge on any atom is 0.211 e. The molecule has 2 nitrogen and oxygen atoms in total. The minimum Gasteiger partial charge on any atom is -0.314 e. The number of hydrogen-bond acceptors (Lipinski definition) is 1. The van der Waals surface area contributed by atoms with Gasteiger partial charge in [0.1, 0.15) is 0 Å². The zero-order valence-electron chi connectivity index (χ0n) is 27.1. The van der Waals surface area contributed by atoms with Gasteiger partial charge in [-0.25, -0.2) is 0 Å². The summed E-state index contributed by atoms with van der Waals surface area (Å²) in [7, 11) is 0. The zero-order valence-corrected chi connectivity index (χ0v) is 27.1. The number of para-hydroxylation sites is 2. The second kappa shape index (κ2) is 13.6. The van der Waals surface area contributed by atoms with Crippen LogP contribution in [-0.4, -0.2) is 5.71 Å². The SMILES string of the molecule is C1=C2C=C(N(c3ccccc3)c3ccc(-c4ccccc4)cc3)CCC2CCC1=[N+](c1ccccc1)c1ccc(-c2ccccc2)cc1. The van der Waals surface area contributed by atoms with E-state index in [-0.39, 0.29) is 0 Å². The molecule has 0 bridgehead atoms. The number of benzene rings is 6. The molecule has 6 aromatic carbocycles. The van der Waals surface area contributed by atoms with Gasteiger partial charge in [-0.2, -0.15) is 4.58 Å². The van der Waals surface area contributed by atoms with Crippen LogP contribution in [0.15, 0.2) is 193 Å². The average Bonchev–Trinajstić information content (AvgIpc) is 3.17. The normalized spacial score (nSPS) is 16.7. The van der Waals surface area contributed by atoms with E-state index in [1.54, 1.807) is 0 Å². The Labute approximate surface area is 284 Å². The Hall–Kier alpha value is -5.73. The van der Waals surface area contributed by atoms with Crippen molar-refractivity contribution < 1.29 is 0 Å². The van der Waals surface area contributed by atoms with E-state index in [1.165, 1.54) is 62.0 Å². The lowest BCUT2D eigenvalue weighted by Crippen LogP contribution is -2.26. The van der Waals surface area contributed by atoms with Crippen LogP contribution < -0.4 is 9.48 Å². The summed E-state index contributed by atoms with van der Waals surface area (Å²) in [4.78, 5) is 2.46. The van der Waals surface area contributed by atoms with Crippen LogP contribution in [0.25, 0.3) is 22.3 Å². The topological polar surface area (TPSA) is 6.25 Å². The molecule has 1 unspecified atom stereocenters. The van der Waals surface area contributed by atoms with Crippen LogP contribution in [0.5, 0.6) is 0 Å². The van der Waals surface area contributed by atoms with Crippen LogP contribution in [0.3, 0.4) is 0 Å². The zero-order chi connectivity index (χ0) is 32.1. The van der Waals surface area contributed by atoms with Crippen molar-refractivity contribution in [3.8, 4) is 22.3 Å². The molecule has 0 N–H and O–H groups in total. The molecule has 0 amide bonds. The van der Waals surface area contributed by atoms with E-state index in [1.807, 2.05) is 0 Å². The Morgan fingerprint density at radius 3 is 1.48 bits per heavy atom. The van der Waals surface area contributed by atoms with Crippen molar-refractivity contribution in [2.24, 2.45) is 5.92 Å². The van der Waals surface area contributed by atoms with Crippen molar-refractivity contribution in [1.82, 2.24) is 4.58 Å². The van der Waals surface area contributed by atoms with Crippen molar-refractivity contribution in [3.05, 3.63) is 193 Å². The third-order valence-corrected chi connectivity index (χ3v) is 9.70. The molecule has 0 fully saturated rings. The molecule has 0 saturated carbocycles. The molecule has 0 aliphatic heterocycles. The molecule has 0 radical (unpaired) electrons. The van der Waals surface area contributed by atoms with Crippen molar-refractivity contribution in [2.75, 3.05) is 4.90 Å². The van der Waals surface area contributed by atoms with E-state index in [0.29, 0.717) is 5.92 Å². The standard InChI is InChI=1S/C46H39N2/c1-5-13-35(14-6-1)37-21-27-43(28-22-37)47(41-17-9-3-10-18-41)45-31-25-39-26-32-46(34-40(39)33-45)48(42-19-11-4-12-20-42)44-29-23-38(24-30-44)36-15-7-2-8-16-36/h1-24,27-30,33-34,39H,25-26,31-32H2/q+1. The minimum atomic E-state index is 0.577. The van der Waals surface area contributed by atoms with Crippen LogP contribution in [0.2, 0.25) is 0 Å². The highest BCUT2D eigenvalue weighted by Gasteiger charge is 2.30. The fourth-order valence-electron chi connectivity index (χ4n) is 7.26. The van der Waals surface area contributed by atoms with Crippen molar-refractivity contribution >= 4 is 28.5 Å². The molecule has 2 heteroatoms. The Bertz CT molecular complexity index is 2080. The summed E-state index contributed by atoms with van der Waals surface area (Å²) in [6.45, 7) is 0. The lowest BCUT2D eigenvalue weighted by molar-refractivity contribution is 0.510. The van der Waals surface area contributed by atoms with E-state index in [0.717, 1.165) is 25.7 Å². The average molecular weight is 620 g/mol. The summed E-state index contributed by atoms with van der Waals surface area (Å²) < 4.78 is 2.46. The molecular weight excluding hydrogens is 581 g/mol. The van der Waals surface area contributed by atoms with Gasteiger partial charge in [-0.15, -0.1) is 0 Å². The van der Waals surface area contributed by atoms with Crippen molar-refractivity contribution in [2.45, 2.75) is 25.7 Å². The molecule has 8 rings (SSSR count). The molecule has 0 aromatic heterocycles. The minimum absolute atomic E-state index is 0.577. The highest BCUT2D eigenvalue weighted by Crippen LogP contribution is 2.41. The van der Waals surface area contributed by atoms with Crippen LogP contribution in [0, 0.1) is 5.92 Å². The first-order valence-corrected chi connectivity index (χ1v) is 17.1. The number of anilines is 2. The van der Waals surface area contributed by atoms with Crippen LogP contribution in [-0.2, 0) is 0 Å². The molecule has 2 aliphatic carbocycles. The highest BCUT2D eigenvalue weighted by atomic mass is 15.1. The van der Waals surface area contributed by atoms with Crippen molar-refractivity contribution in [1.29, 1.82) is 0 Å². The first-order valence-electron chi connectivity index (χ1n) is 17.1. The van der Waals surface area contributed by atoms with Gasteiger partial charge in [0.2, 0.25) is 11.4 Å².